The van der Waals surface area contributed by atoms with E-state index < -0.39 is 0 Å². The second kappa shape index (κ2) is 6.79. The lowest BCUT2D eigenvalue weighted by Crippen LogP contribution is -2.27. The lowest BCUT2D eigenvalue weighted by molar-refractivity contribution is 0.0951. The normalized spacial score (nSPS) is 14.1. The van der Waals surface area contributed by atoms with Crippen molar-refractivity contribution in [2.24, 2.45) is 0 Å². The number of halogens is 1. The van der Waals surface area contributed by atoms with Gasteiger partial charge in [-0.2, -0.15) is 0 Å². The van der Waals surface area contributed by atoms with Crippen LogP contribution in [0, 0.1) is 0 Å². The van der Waals surface area contributed by atoms with Crippen LogP contribution in [0.1, 0.15) is 28.8 Å². The maximum absolute atomic E-state index is 12.5. The number of hydrogen-bond acceptors (Lipinski definition) is 3. The van der Waals surface area contributed by atoms with Gasteiger partial charge in [-0.05, 0) is 42.7 Å². The number of hydrogen-bond donors (Lipinski definition) is 1. The van der Waals surface area contributed by atoms with Crippen LogP contribution in [0.15, 0.2) is 42.6 Å². The van der Waals surface area contributed by atoms with E-state index in [1.54, 1.807) is 12.3 Å². The Bertz CT molecular complexity index is 668. The van der Waals surface area contributed by atoms with Crippen LogP contribution in [0.2, 0.25) is 5.02 Å². The fourth-order valence-corrected chi connectivity index (χ4v) is 2.89. The average molecular weight is 316 g/mol. The predicted molar refractivity (Wildman–Crippen MR) is 88.3 cm³/mol. The summed E-state index contributed by atoms with van der Waals surface area (Å²) in [7, 11) is 0. The Morgan fingerprint density at radius 3 is 2.82 bits per heavy atom. The molecule has 1 amide bonds. The summed E-state index contributed by atoms with van der Waals surface area (Å²) in [6, 6.07) is 11.1. The van der Waals surface area contributed by atoms with Crippen LogP contribution < -0.4 is 10.2 Å². The van der Waals surface area contributed by atoms with E-state index in [1.807, 2.05) is 30.3 Å². The summed E-state index contributed by atoms with van der Waals surface area (Å²) in [5.41, 5.74) is 1.61. The first kappa shape index (κ1) is 14.9. The van der Waals surface area contributed by atoms with Crippen LogP contribution >= 0.6 is 11.6 Å². The molecule has 0 spiro atoms. The summed E-state index contributed by atoms with van der Waals surface area (Å²) in [6.07, 6.45) is 4.04. The molecule has 1 aromatic carbocycles. The minimum atomic E-state index is -0.102. The Kier molecular flexibility index (Phi) is 4.59. The molecule has 5 heteroatoms. The summed E-state index contributed by atoms with van der Waals surface area (Å²) in [4.78, 5) is 19.0. The fraction of sp³-hybridized carbons (Fsp3) is 0.294. The lowest BCUT2D eigenvalue weighted by Gasteiger charge is -2.19. The van der Waals surface area contributed by atoms with E-state index in [2.05, 4.69) is 15.2 Å². The van der Waals surface area contributed by atoms with Crippen molar-refractivity contribution >= 4 is 23.3 Å². The largest absolute Gasteiger partial charge is 0.356 e. The molecular formula is C17H18ClN3O. The number of nitrogens with zero attached hydrogens (tertiary/aromatic N) is 2. The highest BCUT2D eigenvalue weighted by Gasteiger charge is 2.20. The van der Waals surface area contributed by atoms with Gasteiger partial charge in [0.25, 0.3) is 5.91 Å². The number of pyridine rings is 1. The maximum atomic E-state index is 12.5. The minimum absolute atomic E-state index is 0.102. The van der Waals surface area contributed by atoms with Crippen molar-refractivity contribution < 1.29 is 4.79 Å². The zero-order valence-electron chi connectivity index (χ0n) is 12.3. The van der Waals surface area contributed by atoms with Crippen LogP contribution in [-0.4, -0.2) is 24.0 Å². The third-order valence-corrected chi connectivity index (χ3v) is 4.01. The predicted octanol–water partition coefficient (Wildman–Crippen LogP) is 3.27. The third-order valence-electron chi connectivity index (χ3n) is 3.78. The number of carbonyl (C=O) groups is 1. The van der Waals surface area contributed by atoms with Crippen LogP contribution in [0.3, 0.4) is 0 Å². The molecule has 114 valence electrons. The monoisotopic (exact) mass is 315 g/mol. The topological polar surface area (TPSA) is 45.2 Å². The molecule has 1 aliphatic heterocycles. The van der Waals surface area contributed by atoms with Crippen LogP contribution in [0.25, 0.3) is 0 Å². The zero-order valence-corrected chi connectivity index (χ0v) is 13.0. The smallest absolute Gasteiger partial charge is 0.255 e. The van der Waals surface area contributed by atoms with Gasteiger partial charge in [0, 0.05) is 30.9 Å². The standard InChI is InChI=1S/C17H18ClN3O/c18-14-6-3-5-13(11-14)12-20-17(22)15-7-4-8-19-16(15)21-9-1-2-10-21/h3-8,11H,1-2,9-10,12H2,(H,20,22). The number of benzene rings is 1. The second-order valence-electron chi connectivity index (χ2n) is 5.38. The Morgan fingerprint density at radius 1 is 1.23 bits per heavy atom. The molecule has 3 rings (SSSR count). The summed E-state index contributed by atoms with van der Waals surface area (Å²) in [5.74, 6) is 0.679. The quantitative estimate of drug-likeness (QED) is 0.942. The van der Waals surface area contributed by atoms with Gasteiger partial charge in [0.15, 0.2) is 0 Å². The highest BCUT2D eigenvalue weighted by molar-refractivity contribution is 6.30. The highest BCUT2D eigenvalue weighted by atomic mass is 35.5. The molecule has 2 heterocycles. The van der Waals surface area contributed by atoms with Crippen LogP contribution in [-0.2, 0) is 6.54 Å². The van der Waals surface area contributed by atoms with Crippen LogP contribution in [0.5, 0.6) is 0 Å². The fourth-order valence-electron chi connectivity index (χ4n) is 2.68. The minimum Gasteiger partial charge on any atom is -0.356 e. The van der Waals surface area contributed by atoms with Crippen molar-refractivity contribution in [2.45, 2.75) is 19.4 Å². The SMILES string of the molecule is O=C(NCc1cccc(Cl)c1)c1cccnc1N1CCCC1. The molecule has 0 atom stereocenters. The summed E-state index contributed by atoms with van der Waals surface area (Å²) < 4.78 is 0. The van der Waals surface area contributed by atoms with Gasteiger partial charge >= 0.3 is 0 Å². The van der Waals surface area contributed by atoms with E-state index in [-0.39, 0.29) is 5.91 Å². The Morgan fingerprint density at radius 2 is 2.05 bits per heavy atom. The molecule has 0 saturated carbocycles. The maximum Gasteiger partial charge on any atom is 0.255 e. The van der Waals surface area contributed by atoms with E-state index in [4.69, 9.17) is 11.6 Å². The lowest BCUT2D eigenvalue weighted by atomic mass is 10.2. The van der Waals surface area contributed by atoms with Gasteiger partial charge in [-0.15, -0.1) is 0 Å². The summed E-state index contributed by atoms with van der Waals surface area (Å²) in [6.45, 7) is 2.38. The van der Waals surface area contributed by atoms with Gasteiger partial charge in [0.05, 0.1) is 5.56 Å². The first-order valence-electron chi connectivity index (χ1n) is 7.46. The second-order valence-corrected chi connectivity index (χ2v) is 5.82. The van der Waals surface area contributed by atoms with Gasteiger partial charge in [0.2, 0.25) is 0 Å². The molecule has 2 aromatic rings. The number of carbonyl (C=O) groups excluding carboxylic acids is 1. The van der Waals surface area contributed by atoms with E-state index in [0.29, 0.717) is 17.1 Å². The summed E-state index contributed by atoms with van der Waals surface area (Å²) in [5, 5.41) is 3.61. The molecule has 1 N–H and O–H groups in total. The van der Waals surface area contributed by atoms with Gasteiger partial charge in [-0.3, -0.25) is 4.79 Å². The molecular weight excluding hydrogens is 298 g/mol. The zero-order chi connectivity index (χ0) is 15.4. The van der Waals surface area contributed by atoms with Crippen molar-refractivity contribution in [2.75, 3.05) is 18.0 Å². The van der Waals surface area contributed by atoms with E-state index in [9.17, 15) is 4.79 Å². The van der Waals surface area contributed by atoms with E-state index >= 15 is 0 Å². The van der Waals surface area contributed by atoms with E-state index in [1.165, 1.54) is 0 Å². The van der Waals surface area contributed by atoms with Crippen molar-refractivity contribution in [3.63, 3.8) is 0 Å². The van der Waals surface area contributed by atoms with Crippen LogP contribution in [0.4, 0.5) is 5.82 Å². The first-order valence-corrected chi connectivity index (χ1v) is 7.84. The molecule has 0 radical (unpaired) electrons. The van der Waals surface area contributed by atoms with Gasteiger partial charge in [-0.25, -0.2) is 4.98 Å². The van der Waals surface area contributed by atoms with Gasteiger partial charge in [0.1, 0.15) is 5.82 Å². The first-order chi connectivity index (χ1) is 10.7. The third kappa shape index (κ3) is 3.39. The molecule has 4 nitrogen and oxygen atoms in total. The molecule has 1 saturated heterocycles. The molecule has 22 heavy (non-hydrogen) atoms. The molecule has 0 unspecified atom stereocenters. The van der Waals surface area contributed by atoms with Crippen molar-refractivity contribution in [1.82, 2.24) is 10.3 Å². The number of aromatic nitrogens is 1. The number of amides is 1. The van der Waals surface area contributed by atoms with Crippen molar-refractivity contribution in [1.29, 1.82) is 0 Å². The molecule has 1 fully saturated rings. The molecule has 1 aliphatic rings. The molecule has 0 aliphatic carbocycles. The van der Waals surface area contributed by atoms with Gasteiger partial charge in [-0.1, -0.05) is 23.7 Å². The number of anilines is 1. The Balaban J connectivity index is 1.72. The van der Waals surface area contributed by atoms with Crippen molar-refractivity contribution in [3.05, 3.63) is 58.7 Å². The number of nitrogens with one attached hydrogen (secondary N) is 1. The average Bonchev–Trinajstić information content (AvgIpc) is 3.07. The Labute approximate surface area is 135 Å². The number of rotatable bonds is 4. The molecule has 1 aromatic heterocycles. The summed E-state index contributed by atoms with van der Waals surface area (Å²) >= 11 is 5.96. The van der Waals surface area contributed by atoms with Gasteiger partial charge < -0.3 is 10.2 Å². The van der Waals surface area contributed by atoms with Crippen molar-refractivity contribution in [3.8, 4) is 0 Å². The highest BCUT2D eigenvalue weighted by Crippen LogP contribution is 2.22. The Hall–Kier alpha value is -2.07. The molecule has 0 bridgehead atoms. The van der Waals surface area contributed by atoms with E-state index in [0.717, 1.165) is 37.3 Å².